The largest absolute Gasteiger partial charge is 0.497 e. The SMILES string of the molecule is CNc1sc(-c2ccc(F)cc2)c(-c2ccc(OCCN3CC[N+](C)(Cc4ccc(NC(=O)CNC(=O)C(NC(=O)OC(C)(C)C)C(C)C)cc4CN(C)C(=O)CN(CC(=O)OC(C)(C)C)CC(=O)OC(C)(C)C)CC3)c(Cl)c2C)c1C(=N)OC(Cc1ccccc1OCc1ccnc(-c2ccccc2OC)n1)C(=O)OCc1ccc(OC)cc1. The molecule has 0 bridgehead atoms. The van der Waals surface area contributed by atoms with Crippen molar-refractivity contribution in [2.24, 2.45) is 5.92 Å². The van der Waals surface area contributed by atoms with Crippen LogP contribution in [-0.2, 0) is 85.2 Å². The highest BCUT2D eigenvalue weighted by molar-refractivity contribution is 7.20. The Bertz CT molecular complexity index is 4890. The van der Waals surface area contributed by atoms with Gasteiger partial charge in [0, 0.05) is 74.6 Å². The summed E-state index contributed by atoms with van der Waals surface area (Å²) >= 11 is 8.72. The highest BCUT2D eigenvalue weighted by atomic mass is 35.5. The van der Waals surface area contributed by atoms with Crippen molar-refractivity contribution in [1.29, 1.82) is 5.41 Å². The Balaban J connectivity index is 0.919. The molecule has 1 aliphatic rings. The zero-order valence-electron chi connectivity index (χ0n) is 71.5. The summed E-state index contributed by atoms with van der Waals surface area (Å²) in [5, 5.41) is 22.2. The molecule has 27 nitrogen and oxygen atoms in total. The number of anilines is 2. The molecule has 120 heavy (non-hydrogen) atoms. The Hall–Kier alpha value is -11.2. The minimum atomic E-state index is -1.41. The second-order valence-electron chi connectivity index (χ2n) is 33.0. The number of para-hydroxylation sites is 2. The third kappa shape index (κ3) is 27.1. The number of alkyl carbamates (subject to hydrolysis) is 1. The second-order valence-corrected chi connectivity index (χ2v) is 34.4. The van der Waals surface area contributed by atoms with E-state index in [4.69, 9.17) is 59.2 Å². The number of carbonyl (C=O) groups is 7. The van der Waals surface area contributed by atoms with Gasteiger partial charge in [0.2, 0.25) is 29.7 Å². The van der Waals surface area contributed by atoms with Crippen molar-refractivity contribution >= 4 is 81.2 Å². The fraction of sp³-hybridized carbons (Fsp3) is 0.422. The first-order valence-corrected chi connectivity index (χ1v) is 40.9. The summed E-state index contributed by atoms with van der Waals surface area (Å²) in [6.07, 6.45) is -0.636. The predicted octanol–water partition coefficient (Wildman–Crippen LogP) is 13.9. The van der Waals surface area contributed by atoms with Gasteiger partial charge in [0.05, 0.1) is 82.4 Å². The molecule has 0 radical (unpaired) electrons. The first-order chi connectivity index (χ1) is 56.8. The molecule has 6 aromatic carbocycles. The van der Waals surface area contributed by atoms with Crippen molar-refractivity contribution in [2.75, 3.05) is 112 Å². The quantitative estimate of drug-likeness (QED) is 0.00801. The number of quaternary nitrogens is 1. The lowest BCUT2D eigenvalue weighted by Crippen LogP contribution is -2.57. The Morgan fingerprint density at radius 3 is 2.01 bits per heavy atom. The molecule has 1 saturated heterocycles. The smallest absolute Gasteiger partial charge is 0.408 e. The number of ether oxygens (including phenoxy) is 9. The molecule has 9 rings (SSSR count). The van der Waals surface area contributed by atoms with Gasteiger partial charge in [-0.05, 0) is 175 Å². The van der Waals surface area contributed by atoms with E-state index in [1.807, 2.05) is 61.5 Å². The zero-order chi connectivity index (χ0) is 87.4. The van der Waals surface area contributed by atoms with Gasteiger partial charge in [-0.3, -0.25) is 39.2 Å². The molecule has 5 N–H and O–H groups in total. The molecule has 3 heterocycles. The summed E-state index contributed by atoms with van der Waals surface area (Å²) in [5.74, 6) is -2.19. The number of hydrogen-bond acceptors (Lipinski definition) is 23. The summed E-state index contributed by atoms with van der Waals surface area (Å²) in [6.45, 7) is 23.4. The normalized spacial score (nSPS) is 13.4. The van der Waals surface area contributed by atoms with Gasteiger partial charge in [0.25, 0.3) is 0 Å². The first kappa shape index (κ1) is 92.6. The van der Waals surface area contributed by atoms with Crippen LogP contribution in [0, 0.1) is 24.1 Å². The van der Waals surface area contributed by atoms with Crippen LogP contribution in [-0.4, -0.2) is 207 Å². The number of nitrogens with one attached hydrogen (secondary N) is 5. The number of thiophene rings is 1. The maximum absolute atomic E-state index is 14.8. The summed E-state index contributed by atoms with van der Waals surface area (Å²) in [5.41, 5.74) is 4.75. The third-order valence-corrected chi connectivity index (χ3v) is 21.1. The van der Waals surface area contributed by atoms with E-state index in [0.717, 1.165) is 5.56 Å². The average Bonchev–Trinajstić information content (AvgIpc) is 1.61. The molecule has 30 heteroatoms. The molecule has 2 atom stereocenters. The summed E-state index contributed by atoms with van der Waals surface area (Å²) < 4.78 is 68.6. The fourth-order valence-electron chi connectivity index (χ4n) is 13.3. The lowest BCUT2D eigenvalue weighted by molar-refractivity contribution is -0.926. The number of piperazine rings is 1. The lowest BCUT2D eigenvalue weighted by atomic mass is 9.94. The highest BCUT2D eigenvalue weighted by Gasteiger charge is 2.36. The van der Waals surface area contributed by atoms with E-state index >= 15 is 0 Å². The van der Waals surface area contributed by atoms with E-state index in [1.54, 1.807) is 177 Å². The molecule has 1 aliphatic heterocycles. The molecule has 8 aromatic rings. The number of amides is 4. The molecular formula is C90H112ClFN11O16S+. The summed E-state index contributed by atoms with van der Waals surface area (Å²) in [7, 11) is 8.64. The molecule has 2 unspecified atom stereocenters. The molecule has 0 saturated carbocycles. The predicted molar refractivity (Wildman–Crippen MR) is 460 cm³/mol. The van der Waals surface area contributed by atoms with Crippen molar-refractivity contribution < 1.29 is 85.1 Å². The number of methoxy groups -OCH3 is 2. The van der Waals surface area contributed by atoms with Crippen LogP contribution in [0.3, 0.4) is 0 Å². The van der Waals surface area contributed by atoms with Gasteiger partial charge in [0.15, 0.2) is 5.82 Å². The van der Waals surface area contributed by atoms with Crippen LogP contribution in [0.25, 0.3) is 33.0 Å². The minimum Gasteiger partial charge on any atom is -0.497 e. The van der Waals surface area contributed by atoms with Gasteiger partial charge in [-0.15, -0.1) is 11.3 Å². The van der Waals surface area contributed by atoms with E-state index in [1.165, 1.54) is 33.3 Å². The number of benzene rings is 6. The number of hydrogen-bond donors (Lipinski definition) is 5. The van der Waals surface area contributed by atoms with Crippen LogP contribution in [0.1, 0.15) is 115 Å². The molecule has 642 valence electrons. The van der Waals surface area contributed by atoms with Crippen molar-refractivity contribution in [3.8, 4) is 56.0 Å². The third-order valence-electron chi connectivity index (χ3n) is 19.4. The van der Waals surface area contributed by atoms with E-state index in [9.17, 15) is 43.4 Å². The lowest BCUT2D eigenvalue weighted by Gasteiger charge is -2.42. The molecule has 2 aromatic heterocycles. The molecule has 4 amide bonds. The van der Waals surface area contributed by atoms with Crippen molar-refractivity contribution in [3.63, 3.8) is 0 Å². The van der Waals surface area contributed by atoms with Crippen molar-refractivity contribution in [3.05, 3.63) is 190 Å². The standard InChI is InChI=1S/C90H111ClFN11O16S/c1-56(2)80(99-87(110)119-90(10,11)12)84(108)96-48-73(104)97-64-33-30-61(62(46-64)49-100(14)74(105)50-102(51-75(106)117-88(4,5)6)52-76(107)118-89(7,8)9)53-103(15)43-40-101(41-44-103)42-45-113-71-37-36-67(57(3)79(71)91)77-78(85(94-13)120-81(77)59-28-31-63(92)32-29-59)82(93)116-72(86(109)115-54-58-26-34-66(111-16)35-27-58)47-60-22-18-20-24-69(60)114-55-65-38-39-95-83(98-65)68-23-19-21-25-70(68)112-17/h18-39,46,56,72,80H,40-45,47-55H2,1-17H3,(H4-,93,94,96,97,99,104,108,110)/p+1. The van der Waals surface area contributed by atoms with Crippen molar-refractivity contribution in [1.82, 2.24) is 35.3 Å². The van der Waals surface area contributed by atoms with Crippen LogP contribution in [0.15, 0.2) is 140 Å². The molecular weight excluding hydrogens is 1580 g/mol. The zero-order valence-corrected chi connectivity index (χ0v) is 73.1. The minimum absolute atomic E-state index is 0.0342. The number of esters is 3. The Labute approximate surface area is 710 Å². The Morgan fingerprint density at radius 2 is 1.38 bits per heavy atom. The molecule has 0 spiro atoms. The Kier molecular flexibility index (Phi) is 32.1. The van der Waals surface area contributed by atoms with Crippen molar-refractivity contribution in [2.45, 2.75) is 145 Å². The van der Waals surface area contributed by atoms with Gasteiger partial charge in [-0.1, -0.05) is 92.2 Å². The van der Waals surface area contributed by atoms with Gasteiger partial charge in [0.1, 0.15) is 83.0 Å². The highest BCUT2D eigenvalue weighted by Crippen LogP contribution is 2.49. The second kappa shape index (κ2) is 41.6. The van der Waals surface area contributed by atoms with E-state index in [2.05, 4.69) is 38.2 Å². The number of likely N-dealkylation sites (N-methyl/N-ethyl adjacent to an activating group) is 2. The topological polar surface area (TPSA) is 310 Å². The van der Waals surface area contributed by atoms with Crippen LogP contribution < -0.4 is 40.2 Å². The number of rotatable bonds is 36. The van der Waals surface area contributed by atoms with E-state index < -0.39 is 83.0 Å². The maximum atomic E-state index is 14.8. The average molecular weight is 1690 g/mol. The fourth-order valence-corrected chi connectivity index (χ4v) is 14.7. The van der Waals surface area contributed by atoms with Gasteiger partial charge >= 0.3 is 24.0 Å². The van der Waals surface area contributed by atoms with Crippen LogP contribution in [0.4, 0.5) is 19.9 Å². The van der Waals surface area contributed by atoms with E-state index in [0.29, 0.717) is 149 Å². The first-order valence-electron chi connectivity index (χ1n) is 39.7. The number of nitrogens with zero attached hydrogens (tertiary/aromatic N) is 6. The summed E-state index contributed by atoms with van der Waals surface area (Å²) in [4.78, 5) is 110. The van der Waals surface area contributed by atoms with Gasteiger partial charge in [-0.2, -0.15) is 0 Å². The van der Waals surface area contributed by atoms with E-state index in [-0.39, 0.29) is 64.2 Å². The number of halogens is 2. The van der Waals surface area contributed by atoms with Gasteiger partial charge in [-0.25, -0.2) is 23.9 Å². The maximum Gasteiger partial charge on any atom is 0.408 e. The monoisotopic (exact) mass is 1690 g/mol. The molecule has 1 fully saturated rings. The number of aromatic nitrogens is 2. The summed E-state index contributed by atoms with van der Waals surface area (Å²) in [6, 6.07) is 37.7. The number of carbonyl (C=O) groups excluding carboxylic acids is 7. The van der Waals surface area contributed by atoms with Crippen LogP contribution >= 0.6 is 22.9 Å². The van der Waals surface area contributed by atoms with Crippen LogP contribution in [0.5, 0.6) is 23.0 Å². The van der Waals surface area contributed by atoms with Gasteiger partial charge < -0.3 is 73.3 Å². The Morgan fingerprint density at radius 1 is 0.725 bits per heavy atom. The van der Waals surface area contributed by atoms with Crippen LogP contribution in [0.2, 0.25) is 5.02 Å². The molecule has 0 aliphatic carbocycles.